The number of nitrogen functional groups attached to an aromatic ring is 1. The zero-order chi connectivity index (χ0) is 15.2. The number of rotatable bonds is 5. The maximum Gasteiger partial charge on any atom is 0.338 e. The normalized spacial score (nSPS) is 9.95. The fourth-order valence-corrected chi connectivity index (χ4v) is 1.74. The highest BCUT2D eigenvalue weighted by molar-refractivity contribution is 5.99. The van der Waals surface area contributed by atoms with Gasteiger partial charge >= 0.3 is 5.97 Å². The van der Waals surface area contributed by atoms with Gasteiger partial charge in [-0.2, -0.15) is 0 Å². The van der Waals surface area contributed by atoms with Gasteiger partial charge in [0.1, 0.15) is 5.75 Å². The maximum absolute atomic E-state index is 11.9. The van der Waals surface area contributed by atoms with Gasteiger partial charge in [0.15, 0.2) is 12.4 Å². The molecule has 0 atom stereocenters. The van der Waals surface area contributed by atoms with Gasteiger partial charge in [-0.25, -0.2) is 4.79 Å². The summed E-state index contributed by atoms with van der Waals surface area (Å²) in [5, 5.41) is 0. The summed E-state index contributed by atoms with van der Waals surface area (Å²) in [6.07, 6.45) is 0. The van der Waals surface area contributed by atoms with Crippen LogP contribution in [-0.4, -0.2) is 25.5 Å². The fourth-order valence-electron chi connectivity index (χ4n) is 1.74. The number of methoxy groups -OCH3 is 1. The van der Waals surface area contributed by atoms with Crippen LogP contribution >= 0.6 is 0 Å². The van der Waals surface area contributed by atoms with E-state index in [1.54, 1.807) is 49.6 Å². The molecule has 0 bridgehead atoms. The Bertz CT molecular complexity index is 650. The molecule has 0 unspecified atom stereocenters. The number of benzene rings is 2. The summed E-state index contributed by atoms with van der Waals surface area (Å²) in [5.41, 5.74) is 6.82. The zero-order valence-electron chi connectivity index (χ0n) is 11.5. The number of ether oxygens (including phenoxy) is 2. The second-order valence-corrected chi connectivity index (χ2v) is 4.35. The monoisotopic (exact) mass is 285 g/mol. The number of anilines is 1. The summed E-state index contributed by atoms with van der Waals surface area (Å²) in [7, 11) is 1.55. The molecule has 0 fully saturated rings. The van der Waals surface area contributed by atoms with Crippen molar-refractivity contribution in [2.24, 2.45) is 0 Å². The van der Waals surface area contributed by atoms with E-state index in [0.717, 1.165) is 0 Å². The summed E-state index contributed by atoms with van der Waals surface area (Å²) >= 11 is 0. The van der Waals surface area contributed by atoms with Crippen molar-refractivity contribution in [3.63, 3.8) is 0 Å². The van der Waals surface area contributed by atoms with Crippen molar-refractivity contribution in [3.05, 3.63) is 59.7 Å². The Hall–Kier alpha value is -2.82. The first-order valence-corrected chi connectivity index (χ1v) is 6.30. The van der Waals surface area contributed by atoms with Crippen molar-refractivity contribution in [1.29, 1.82) is 0 Å². The number of Topliss-reactive ketones (excluding diaryl/α,β-unsaturated/α-hetero) is 1. The van der Waals surface area contributed by atoms with Gasteiger partial charge < -0.3 is 15.2 Å². The lowest BCUT2D eigenvalue weighted by molar-refractivity contribution is 0.0475. The van der Waals surface area contributed by atoms with Crippen LogP contribution in [-0.2, 0) is 4.74 Å². The molecule has 0 radical (unpaired) electrons. The van der Waals surface area contributed by atoms with Crippen molar-refractivity contribution in [2.75, 3.05) is 19.5 Å². The topological polar surface area (TPSA) is 78.6 Å². The van der Waals surface area contributed by atoms with Crippen LogP contribution in [0.4, 0.5) is 5.69 Å². The van der Waals surface area contributed by atoms with Gasteiger partial charge in [-0.15, -0.1) is 0 Å². The van der Waals surface area contributed by atoms with Crippen molar-refractivity contribution in [2.45, 2.75) is 0 Å². The predicted octanol–water partition coefficient (Wildman–Crippen LogP) is 2.32. The van der Waals surface area contributed by atoms with Crippen LogP contribution in [0.1, 0.15) is 20.7 Å². The highest BCUT2D eigenvalue weighted by Gasteiger charge is 2.12. The SMILES string of the molecule is COc1ccc(C(=O)COC(=O)c2cccc(N)c2)cc1. The summed E-state index contributed by atoms with van der Waals surface area (Å²) in [5.74, 6) is -0.206. The number of ketones is 1. The molecule has 2 N–H and O–H groups in total. The minimum Gasteiger partial charge on any atom is -0.497 e. The Morgan fingerprint density at radius 2 is 1.76 bits per heavy atom. The standard InChI is InChI=1S/C16H15NO4/c1-20-14-7-5-11(6-8-14)15(18)10-21-16(19)12-3-2-4-13(17)9-12/h2-9H,10,17H2,1H3. The average molecular weight is 285 g/mol. The van der Waals surface area contributed by atoms with E-state index >= 15 is 0 Å². The van der Waals surface area contributed by atoms with Gasteiger partial charge in [-0.1, -0.05) is 6.07 Å². The van der Waals surface area contributed by atoms with Gasteiger partial charge in [0.05, 0.1) is 12.7 Å². The summed E-state index contributed by atoms with van der Waals surface area (Å²) in [6, 6.07) is 13.0. The molecular formula is C16H15NO4. The Morgan fingerprint density at radius 1 is 1.05 bits per heavy atom. The molecule has 0 saturated heterocycles. The number of carbonyl (C=O) groups excluding carboxylic acids is 2. The molecule has 108 valence electrons. The molecule has 21 heavy (non-hydrogen) atoms. The number of nitrogens with two attached hydrogens (primary N) is 1. The van der Waals surface area contributed by atoms with Crippen LogP contribution in [0.2, 0.25) is 0 Å². The molecule has 0 aliphatic rings. The first-order chi connectivity index (χ1) is 10.1. The van der Waals surface area contributed by atoms with E-state index in [1.165, 1.54) is 6.07 Å². The third kappa shape index (κ3) is 3.82. The summed E-state index contributed by atoms with van der Waals surface area (Å²) < 4.78 is 9.99. The van der Waals surface area contributed by atoms with Crippen LogP contribution < -0.4 is 10.5 Å². The molecule has 2 rings (SSSR count). The zero-order valence-corrected chi connectivity index (χ0v) is 11.5. The molecule has 2 aromatic rings. The van der Waals surface area contributed by atoms with E-state index < -0.39 is 5.97 Å². The molecule has 5 nitrogen and oxygen atoms in total. The van der Waals surface area contributed by atoms with Gasteiger partial charge in [0, 0.05) is 11.3 Å². The average Bonchev–Trinajstić information content (AvgIpc) is 2.52. The van der Waals surface area contributed by atoms with Crippen LogP contribution in [0.3, 0.4) is 0 Å². The van der Waals surface area contributed by atoms with Crippen molar-refractivity contribution >= 4 is 17.4 Å². The van der Waals surface area contributed by atoms with Gasteiger partial charge in [-0.05, 0) is 42.5 Å². The van der Waals surface area contributed by atoms with E-state index in [9.17, 15) is 9.59 Å². The molecule has 0 heterocycles. The van der Waals surface area contributed by atoms with E-state index in [4.69, 9.17) is 15.2 Å². The predicted molar refractivity (Wildman–Crippen MR) is 78.5 cm³/mol. The van der Waals surface area contributed by atoms with E-state index in [0.29, 0.717) is 22.6 Å². The Kier molecular flexibility index (Phi) is 4.56. The van der Waals surface area contributed by atoms with Gasteiger partial charge in [0.2, 0.25) is 0 Å². The minimum atomic E-state index is -0.579. The van der Waals surface area contributed by atoms with Crippen molar-refractivity contribution in [1.82, 2.24) is 0 Å². The molecule has 0 aliphatic heterocycles. The summed E-state index contributed by atoms with van der Waals surface area (Å²) in [4.78, 5) is 23.7. The third-order valence-corrected chi connectivity index (χ3v) is 2.87. The van der Waals surface area contributed by atoms with Crippen LogP contribution in [0.15, 0.2) is 48.5 Å². The van der Waals surface area contributed by atoms with Crippen LogP contribution in [0.25, 0.3) is 0 Å². The van der Waals surface area contributed by atoms with Crippen molar-refractivity contribution in [3.8, 4) is 5.75 Å². The quantitative estimate of drug-likeness (QED) is 0.518. The van der Waals surface area contributed by atoms with Crippen LogP contribution in [0, 0.1) is 0 Å². The molecular weight excluding hydrogens is 270 g/mol. The highest BCUT2D eigenvalue weighted by atomic mass is 16.5. The molecule has 5 heteroatoms. The lowest BCUT2D eigenvalue weighted by atomic mass is 10.1. The molecule has 0 saturated carbocycles. The first-order valence-electron chi connectivity index (χ1n) is 6.30. The van der Waals surface area contributed by atoms with E-state index in [1.807, 2.05) is 0 Å². The molecule has 2 aromatic carbocycles. The molecule has 0 amide bonds. The molecule has 0 aromatic heterocycles. The smallest absolute Gasteiger partial charge is 0.338 e. The number of carbonyl (C=O) groups is 2. The van der Waals surface area contributed by atoms with Crippen LogP contribution in [0.5, 0.6) is 5.75 Å². The van der Waals surface area contributed by atoms with E-state index in [-0.39, 0.29) is 12.4 Å². The Labute approximate surface area is 122 Å². The van der Waals surface area contributed by atoms with E-state index in [2.05, 4.69) is 0 Å². The van der Waals surface area contributed by atoms with Gasteiger partial charge in [-0.3, -0.25) is 4.79 Å². The molecule has 0 spiro atoms. The lowest BCUT2D eigenvalue weighted by Gasteiger charge is -2.05. The Balaban J connectivity index is 1.95. The number of hydrogen-bond donors (Lipinski definition) is 1. The largest absolute Gasteiger partial charge is 0.497 e. The minimum absolute atomic E-state index is 0.282. The Morgan fingerprint density at radius 3 is 2.38 bits per heavy atom. The highest BCUT2D eigenvalue weighted by Crippen LogP contribution is 2.12. The van der Waals surface area contributed by atoms with Gasteiger partial charge in [0.25, 0.3) is 0 Å². The fraction of sp³-hybridized carbons (Fsp3) is 0.125. The molecule has 0 aliphatic carbocycles. The lowest BCUT2D eigenvalue weighted by Crippen LogP contribution is -2.14. The summed E-state index contributed by atoms with van der Waals surface area (Å²) in [6.45, 7) is -0.319. The van der Waals surface area contributed by atoms with Crippen molar-refractivity contribution < 1.29 is 19.1 Å². The number of hydrogen-bond acceptors (Lipinski definition) is 5. The first kappa shape index (κ1) is 14.6. The second-order valence-electron chi connectivity index (χ2n) is 4.35. The maximum atomic E-state index is 11.9. The third-order valence-electron chi connectivity index (χ3n) is 2.87. The number of esters is 1. The second kappa shape index (κ2) is 6.56.